The Morgan fingerprint density at radius 3 is 1.25 bits per heavy atom. The number of hydrogen-bond donors (Lipinski definition) is 0. The van der Waals surface area contributed by atoms with E-state index in [9.17, 15) is 0 Å². The number of aromatic nitrogens is 3. The van der Waals surface area contributed by atoms with Gasteiger partial charge in [-0.05, 0) is 67.8 Å². The van der Waals surface area contributed by atoms with Crippen molar-refractivity contribution in [3.8, 4) is 0 Å². The molecule has 1 aliphatic rings. The average Bonchev–Trinajstić information content (AvgIpc) is 3.26. The van der Waals surface area contributed by atoms with Crippen molar-refractivity contribution in [2.45, 2.75) is 12.8 Å². The van der Waals surface area contributed by atoms with Gasteiger partial charge in [-0.2, -0.15) is 0 Å². The molecule has 9 heteroatoms. The van der Waals surface area contributed by atoms with Gasteiger partial charge in [0.05, 0.1) is 13.9 Å². The first-order valence-corrected chi connectivity index (χ1v) is 10.2. The molecule has 4 heterocycles. The maximum Gasteiger partial charge on any atom is 1.00 e. The summed E-state index contributed by atoms with van der Waals surface area (Å²) in [5.41, 5.74) is 0. The van der Waals surface area contributed by atoms with Gasteiger partial charge < -0.3 is 18.2 Å². The first-order valence-electron chi connectivity index (χ1n) is 8.95. The van der Waals surface area contributed by atoms with Gasteiger partial charge in [-0.15, -0.1) is 0 Å². The van der Waals surface area contributed by atoms with Crippen LogP contribution in [0.5, 0.6) is 0 Å². The van der Waals surface area contributed by atoms with Gasteiger partial charge in [0.1, 0.15) is 0 Å². The Bertz CT molecular complexity index is 927. The van der Waals surface area contributed by atoms with E-state index < -0.39 is 7.12 Å². The zero-order chi connectivity index (χ0) is 19.1. The third-order valence-electron chi connectivity index (χ3n) is 4.44. The zero-order valence-corrected chi connectivity index (χ0v) is 21.5. The Kier molecular flexibility index (Phi) is 10.7. The SMILES string of the molecule is C1CCOC1.S=c1ccccn1[BH-](n1ccccc1=S)n1ccccc1=S.[K+]. The minimum atomic E-state index is -1.30. The fraction of sp³-hybridized carbons (Fsp3) is 0.211. The van der Waals surface area contributed by atoms with Gasteiger partial charge in [0.15, 0.2) is 0 Å². The molecule has 0 atom stereocenters. The molecule has 0 bridgehead atoms. The van der Waals surface area contributed by atoms with Crippen molar-refractivity contribution in [1.29, 1.82) is 0 Å². The molecule has 4 nitrogen and oxygen atoms in total. The van der Waals surface area contributed by atoms with Gasteiger partial charge in [0, 0.05) is 13.2 Å². The van der Waals surface area contributed by atoms with Crippen molar-refractivity contribution in [1.82, 2.24) is 13.4 Å². The molecule has 0 amide bonds. The molecule has 0 spiro atoms. The van der Waals surface area contributed by atoms with Crippen molar-refractivity contribution in [2.24, 2.45) is 0 Å². The summed E-state index contributed by atoms with van der Waals surface area (Å²) in [7, 11) is -1.30. The Labute approximate surface area is 223 Å². The van der Waals surface area contributed by atoms with Gasteiger partial charge in [-0.1, -0.05) is 54.9 Å². The normalized spacial score (nSPS) is 12.8. The van der Waals surface area contributed by atoms with Crippen LogP contribution < -0.4 is 51.4 Å². The van der Waals surface area contributed by atoms with Gasteiger partial charge in [-0.3, -0.25) is 0 Å². The van der Waals surface area contributed by atoms with E-state index in [0.717, 1.165) is 27.1 Å². The van der Waals surface area contributed by atoms with Crippen LogP contribution in [0.1, 0.15) is 12.8 Å². The minimum absolute atomic E-state index is 0. The van der Waals surface area contributed by atoms with E-state index in [1.54, 1.807) is 0 Å². The molecule has 140 valence electrons. The molecule has 0 N–H and O–H groups in total. The Morgan fingerprint density at radius 1 is 0.643 bits per heavy atom. The van der Waals surface area contributed by atoms with Crippen molar-refractivity contribution in [3.63, 3.8) is 0 Å². The summed E-state index contributed by atoms with van der Waals surface area (Å²) in [4.78, 5) is 0. The van der Waals surface area contributed by atoms with Crippen LogP contribution in [0, 0.1) is 13.9 Å². The van der Waals surface area contributed by atoms with Crippen LogP contribution in [0.4, 0.5) is 0 Å². The largest absolute Gasteiger partial charge is 1.00 e. The first-order chi connectivity index (χ1) is 13.2. The summed E-state index contributed by atoms with van der Waals surface area (Å²) in [5, 5.41) is 0. The van der Waals surface area contributed by atoms with Gasteiger partial charge in [0.2, 0.25) is 0 Å². The second kappa shape index (κ2) is 12.5. The molecule has 1 aliphatic heterocycles. The summed E-state index contributed by atoms with van der Waals surface area (Å²) in [6.45, 7) is 2.00. The molecule has 3 aromatic rings. The standard InChI is InChI=1S/C15H13BN3S3.C4H8O.K/c20-13-7-1-4-10-17(13)16(18-11-5-2-8-14(18)21)19-12-6-3-9-15(19)22;1-2-4-5-3-1;/h1-12,16H;1-4H2;/q-1;;+1. The second-order valence-electron chi connectivity index (χ2n) is 6.27. The number of ether oxygens (including phenoxy) is 1. The van der Waals surface area contributed by atoms with Crippen molar-refractivity contribution >= 4 is 43.8 Å². The minimum Gasteiger partial charge on any atom is -0.479 e. The van der Waals surface area contributed by atoms with Crippen LogP contribution in [0.25, 0.3) is 0 Å². The van der Waals surface area contributed by atoms with E-state index in [-0.39, 0.29) is 51.4 Å². The van der Waals surface area contributed by atoms with Crippen molar-refractivity contribution < 1.29 is 56.1 Å². The molecule has 3 aromatic heterocycles. The molecule has 0 aliphatic carbocycles. The molecule has 28 heavy (non-hydrogen) atoms. The predicted octanol–water partition coefficient (Wildman–Crippen LogP) is 1.74. The fourth-order valence-corrected chi connectivity index (χ4v) is 3.85. The Balaban J connectivity index is 0.000000408. The molecular formula is C19H21BKN3OS3. The molecule has 1 fully saturated rings. The molecule has 0 aromatic carbocycles. The van der Waals surface area contributed by atoms with E-state index in [4.69, 9.17) is 41.4 Å². The Hall–Kier alpha value is -0.229. The van der Waals surface area contributed by atoms with Gasteiger partial charge in [-0.25, -0.2) is 0 Å². The monoisotopic (exact) mass is 453 g/mol. The van der Waals surface area contributed by atoms with E-state index in [0.29, 0.717) is 0 Å². The Morgan fingerprint density at radius 2 is 1.00 bits per heavy atom. The van der Waals surface area contributed by atoms with Gasteiger partial charge >= 0.3 is 51.4 Å². The number of hydrogen-bond acceptors (Lipinski definition) is 4. The van der Waals surface area contributed by atoms with Crippen LogP contribution in [0.15, 0.2) is 73.2 Å². The van der Waals surface area contributed by atoms with E-state index in [2.05, 4.69) is 13.4 Å². The zero-order valence-electron chi connectivity index (χ0n) is 15.9. The second-order valence-corrected chi connectivity index (χ2v) is 7.52. The summed E-state index contributed by atoms with van der Waals surface area (Å²) in [5.74, 6) is 0. The maximum absolute atomic E-state index is 5.50. The third kappa shape index (κ3) is 6.38. The van der Waals surface area contributed by atoms with Crippen LogP contribution in [0.3, 0.4) is 0 Å². The molecule has 4 rings (SSSR count). The van der Waals surface area contributed by atoms with Crippen molar-refractivity contribution in [3.05, 3.63) is 87.1 Å². The first kappa shape index (κ1) is 24.0. The molecule has 1 saturated heterocycles. The molecule has 0 saturated carbocycles. The quantitative estimate of drug-likeness (QED) is 0.446. The van der Waals surface area contributed by atoms with E-state index in [1.807, 2.05) is 73.2 Å². The summed E-state index contributed by atoms with van der Waals surface area (Å²) in [6, 6.07) is 17.4. The van der Waals surface area contributed by atoms with Crippen molar-refractivity contribution in [2.75, 3.05) is 13.2 Å². The predicted molar refractivity (Wildman–Crippen MR) is 119 cm³/mol. The molecular weight excluding hydrogens is 432 g/mol. The number of pyridine rings is 3. The summed E-state index contributed by atoms with van der Waals surface area (Å²) < 4.78 is 13.4. The smallest absolute Gasteiger partial charge is 0.479 e. The van der Waals surface area contributed by atoms with Crippen LogP contribution in [-0.4, -0.2) is 33.8 Å². The molecule has 0 unspecified atom stereocenters. The van der Waals surface area contributed by atoms with E-state index in [1.165, 1.54) is 12.8 Å². The summed E-state index contributed by atoms with van der Waals surface area (Å²) >= 11 is 16.5. The maximum atomic E-state index is 5.50. The average molecular weight is 454 g/mol. The number of nitrogens with zero attached hydrogens (tertiary/aromatic N) is 3. The number of rotatable bonds is 3. The van der Waals surface area contributed by atoms with Crippen LogP contribution in [0.2, 0.25) is 0 Å². The van der Waals surface area contributed by atoms with Crippen LogP contribution in [-0.2, 0) is 4.74 Å². The van der Waals surface area contributed by atoms with Crippen LogP contribution >= 0.6 is 36.7 Å². The molecule has 0 radical (unpaired) electrons. The van der Waals surface area contributed by atoms with E-state index >= 15 is 0 Å². The van der Waals surface area contributed by atoms with Gasteiger partial charge in [0.25, 0.3) is 7.12 Å². The topological polar surface area (TPSA) is 24.0 Å². The fourth-order valence-electron chi connectivity index (χ4n) is 3.09. The third-order valence-corrected chi connectivity index (χ3v) is 5.55. The summed E-state index contributed by atoms with van der Waals surface area (Å²) in [6.07, 6.45) is 8.49.